The zero-order chi connectivity index (χ0) is 15.6. The minimum absolute atomic E-state index is 0.00112. The Hall–Kier alpha value is -1.51. The molecule has 5 nitrogen and oxygen atoms in total. The Kier molecular flexibility index (Phi) is 4.92. The van der Waals surface area contributed by atoms with Crippen LogP contribution in [0.4, 0.5) is 10.1 Å². The van der Waals surface area contributed by atoms with Gasteiger partial charge in [0.2, 0.25) is 5.75 Å². The zero-order valence-corrected chi connectivity index (χ0v) is 13.6. The maximum absolute atomic E-state index is 13.5. The Morgan fingerprint density at radius 2 is 1.95 bits per heavy atom. The van der Waals surface area contributed by atoms with Crippen molar-refractivity contribution in [2.75, 3.05) is 0 Å². The van der Waals surface area contributed by atoms with Gasteiger partial charge in [-0.15, -0.1) is 0 Å². The van der Waals surface area contributed by atoms with E-state index in [0.29, 0.717) is 16.8 Å². The second kappa shape index (κ2) is 6.50. The molecule has 110 valence electrons. The van der Waals surface area contributed by atoms with Crippen molar-refractivity contribution in [3.8, 4) is 11.5 Å². The fourth-order valence-corrected chi connectivity index (χ4v) is 2.48. The monoisotopic (exact) mass is 418 g/mol. The average Bonchev–Trinajstić information content (AvgIpc) is 2.42. The minimum atomic E-state index is -0.645. The van der Waals surface area contributed by atoms with E-state index in [1.54, 1.807) is 18.2 Å². The lowest BCUT2D eigenvalue weighted by atomic mass is 10.2. The van der Waals surface area contributed by atoms with Crippen molar-refractivity contribution in [2.24, 2.45) is 5.73 Å². The Bertz CT molecular complexity index is 710. The number of hydrogen-bond donors (Lipinski definition) is 1. The van der Waals surface area contributed by atoms with Crippen LogP contribution >= 0.6 is 31.9 Å². The highest BCUT2D eigenvalue weighted by Crippen LogP contribution is 2.36. The van der Waals surface area contributed by atoms with Gasteiger partial charge >= 0.3 is 5.69 Å². The summed E-state index contributed by atoms with van der Waals surface area (Å²) >= 11 is 6.23. The highest BCUT2D eigenvalue weighted by molar-refractivity contribution is 9.10. The van der Waals surface area contributed by atoms with E-state index in [1.165, 1.54) is 0 Å². The van der Waals surface area contributed by atoms with E-state index in [0.717, 1.165) is 17.7 Å². The maximum atomic E-state index is 13.5. The molecule has 0 aliphatic carbocycles. The summed E-state index contributed by atoms with van der Waals surface area (Å²) in [6.45, 7) is 0.341. The van der Waals surface area contributed by atoms with E-state index in [9.17, 15) is 14.5 Å². The van der Waals surface area contributed by atoms with Crippen molar-refractivity contribution in [2.45, 2.75) is 6.54 Å². The van der Waals surface area contributed by atoms with Crippen molar-refractivity contribution in [3.63, 3.8) is 0 Å². The lowest BCUT2D eigenvalue weighted by Gasteiger charge is -2.09. The molecule has 2 aromatic carbocycles. The average molecular weight is 420 g/mol. The highest BCUT2D eigenvalue weighted by Gasteiger charge is 2.19. The quantitative estimate of drug-likeness (QED) is 0.584. The number of benzene rings is 2. The molecule has 2 rings (SSSR count). The SMILES string of the molecule is NCc1ccc(Oc2cc(F)c(Br)cc2[N+](=O)[O-])cc1Br. The predicted octanol–water partition coefficient (Wildman–Crippen LogP) is 4.51. The molecule has 2 aromatic rings. The summed E-state index contributed by atoms with van der Waals surface area (Å²) in [6, 6.07) is 6.98. The first kappa shape index (κ1) is 15.9. The van der Waals surface area contributed by atoms with Gasteiger partial charge in [0, 0.05) is 23.2 Å². The van der Waals surface area contributed by atoms with Crippen LogP contribution in [0.2, 0.25) is 0 Å². The number of rotatable bonds is 4. The van der Waals surface area contributed by atoms with Crippen LogP contribution in [-0.4, -0.2) is 4.92 Å². The van der Waals surface area contributed by atoms with E-state index in [2.05, 4.69) is 31.9 Å². The Morgan fingerprint density at radius 1 is 1.24 bits per heavy atom. The standard InChI is InChI=1S/C13H9Br2FN2O3/c14-9-3-8(2-1-7(9)6-17)21-13-5-11(16)10(15)4-12(13)18(19)20/h1-5H,6,17H2. The highest BCUT2D eigenvalue weighted by atomic mass is 79.9. The van der Waals surface area contributed by atoms with Crippen molar-refractivity contribution in [1.82, 2.24) is 0 Å². The summed E-state index contributed by atoms with van der Waals surface area (Å²) in [7, 11) is 0. The molecule has 0 bridgehead atoms. The van der Waals surface area contributed by atoms with Gasteiger partial charge in [-0.3, -0.25) is 10.1 Å². The molecular formula is C13H9Br2FN2O3. The topological polar surface area (TPSA) is 78.4 Å². The smallest absolute Gasteiger partial charge is 0.312 e. The Morgan fingerprint density at radius 3 is 2.52 bits per heavy atom. The largest absolute Gasteiger partial charge is 0.450 e. The van der Waals surface area contributed by atoms with E-state index in [4.69, 9.17) is 10.5 Å². The number of nitro groups is 1. The van der Waals surface area contributed by atoms with Gasteiger partial charge in [0.05, 0.1) is 9.40 Å². The molecule has 0 aliphatic rings. The normalized spacial score (nSPS) is 10.5. The number of ether oxygens (including phenoxy) is 1. The molecule has 21 heavy (non-hydrogen) atoms. The summed E-state index contributed by atoms with van der Waals surface area (Å²) in [4.78, 5) is 10.4. The molecule has 0 heterocycles. The number of halogens is 3. The summed E-state index contributed by atoms with van der Waals surface area (Å²) in [5.74, 6) is -0.481. The van der Waals surface area contributed by atoms with E-state index in [-0.39, 0.29) is 15.9 Å². The number of nitrogens with zero attached hydrogens (tertiary/aromatic N) is 1. The summed E-state index contributed by atoms with van der Waals surface area (Å²) in [5.41, 5.74) is 6.07. The van der Waals surface area contributed by atoms with E-state index >= 15 is 0 Å². The molecule has 0 saturated carbocycles. The second-order valence-corrected chi connectivity index (χ2v) is 5.76. The number of nitro benzene ring substituents is 1. The van der Waals surface area contributed by atoms with Gasteiger partial charge in [-0.05, 0) is 33.6 Å². The first-order chi connectivity index (χ1) is 9.92. The van der Waals surface area contributed by atoms with Gasteiger partial charge < -0.3 is 10.5 Å². The first-order valence-electron chi connectivity index (χ1n) is 5.72. The third-order valence-electron chi connectivity index (χ3n) is 2.67. The number of hydrogen-bond acceptors (Lipinski definition) is 4. The van der Waals surface area contributed by atoms with Crippen LogP contribution in [0.25, 0.3) is 0 Å². The predicted molar refractivity (Wildman–Crippen MR) is 82.9 cm³/mol. The van der Waals surface area contributed by atoms with E-state index in [1.807, 2.05) is 0 Å². The molecular weight excluding hydrogens is 411 g/mol. The van der Waals surface area contributed by atoms with Crippen LogP contribution in [0.15, 0.2) is 39.3 Å². The molecule has 0 fully saturated rings. The summed E-state index contributed by atoms with van der Waals surface area (Å²) in [6.07, 6.45) is 0. The molecule has 0 spiro atoms. The second-order valence-electron chi connectivity index (χ2n) is 4.05. The third-order valence-corrected chi connectivity index (χ3v) is 4.02. The number of nitrogens with two attached hydrogens (primary N) is 1. The van der Waals surface area contributed by atoms with Gasteiger partial charge in [0.25, 0.3) is 0 Å². The molecule has 0 aromatic heterocycles. The molecule has 0 aliphatic heterocycles. The fraction of sp³-hybridized carbons (Fsp3) is 0.0769. The molecule has 8 heteroatoms. The van der Waals surface area contributed by atoms with Crippen molar-refractivity contribution in [1.29, 1.82) is 0 Å². The first-order valence-corrected chi connectivity index (χ1v) is 7.30. The Balaban J connectivity index is 2.41. The van der Waals surface area contributed by atoms with Gasteiger partial charge in [-0.1, -0.05) is 22.0 Å². The van der Waals surface area contributed by atoms with Crippen LogP contribution in [0, 0.1) is 15.9 Å². The molecule has 0 amide bonds. The molecule has 0 radical (unpaired) electrons. The fourth-order valence-electron chi connectivity index (χ4n) is 1.63. The summed E-state index contributed by atoms with van der Waals surface area (Å²) < 4.78 is 19.7. The van der Waals surface area contributed by atoms with Crippen LogP contribution in [-0.2, 0) is 6.54 Å². The summed E-state index contributed by atoms with van der Waals surface area (Å²) in [5, 5.41) is 11.0. The zero-order valence-electron chi connectivity index (χ0n) is 10.5. The lowest BCUT2D eigenvalue weighted by molar-refractivity contribution is -0.385. The van der Waals surface area contributed by atoms with Crippen molar-refractivity contribution in [3.05, 3.63) is 60.8 Å². The van der Waals surface area contributed by atoms with Crippen molar-refractivity contribution >= 4 is 37.5 Å². The van der Waals surface area contributed by atoms with Gasteiger partial charge in [0.1, 0.15) is 11.6 Å². The van der Waals surface area contributed by atoms with Gasteiger partial charge in [0.15, 0.2) is 0 Å². The molecule has 0 saturated heterocycles. The maximum Gasteiger partial charge on any atom is 0.312 e. The van der Waals surface area contributed by atoms with Crippen molar-refractivity contribution < 1.29 is 14.1 Å². The Labute approximate surface area is 136 Å². The minimum Gasteiger partial charge on any atom is -0.450 e. The molecule has 2 N–H and O–H groups in total. The molecule has 0 atom stereocenters. The third kappa shape index (κ3) is 3.58. The van der Waals surface area contributed by atoms with Gasteiger partial charge in [-0.2, -0.15) is 0 Å². The molecule has 0 unspecified atom stereocenters. The van der Waals surface area contributed by atoms with Crippen LogP contribution < -0.4 is 10.5 Å². The van der Waals surface area contributed by atoms with Gasteiger partial charge in [-0.25, -0.2) is 4.39 Å². The van der Waals surface area contributed by atoms with Crippen LogP contribution in [0.5, 0.6) is 11.5 Å². The lowest BCUT2D eigenvalue weighted by Crippen LogP contribution is -1.98. The van der Waals surface area contributed by atoms with Crippen LogP contribution in [0.3, 0.4) is 0 Å². The van der Waals surface area contributed by atoms with E-state index < -0.39 is 10.7 Å². The van der Waals surface area contributed by atoms with Crippen LogP contribution in [0.1, 0.15) is 5.56 Å².